The minimum absolute atomic E-state index is 0.381. The van der Waals surface area contributed by atoms with Gasteiger partial charge in [-0.05, 0) is 71.4 Å². The third kappa shape index (κ3) is 4.79. The number of rotatable bonds is 1. The summed E-state index contributed by atoms with van der Waals surface area (Å²) in [6, 6.07) is 2.58. The number of hydrogen-bond acceptors (Lipinski definition) is 2. The Kier molecular flexibility index (Phi) is 4.77. The van der Waals surface area contributed by atoms with Gasteiger partial charge in [0.25, 0.3) is 0 Å². The Bertz CT molecular complexity index is 446. The van der Waals surface area contributed by atoms with E-state index in [4.69, 9.17) is 4.74 Å². The average molecular weight is 416 g/mol. The highest BCUT2D eigenvalue weighted by atomic mass is 127. The molecule has 1 aromatic carbocycles. The molecule has 0 aliphatic heterocycles. The van der Waals surface area contributed by atoms with Gasteiger partial charge in [-0.15, -0.1) is 0 Å². The smallest absolute Gasteiger partial charge is 0.412 e. The standard InChI is InChI=1S/C11H12BrFINO2/c1-11(2,3)17-10(16)15-8-5-6(13)4-7(12)9(8)14/h4-5H,1-3H3,(H,15,16). The van der Waals surface area contributed by atoms with E-state index in [-0.39, 0.29) is 0 Å². The Morgan fingerprint density at radius 1 is 1.47 bits per heavy atom. The van der Waals surface area contributed by atoms with Gasteiger partial charge in [0, 0.05) is 4.47 Å². The second-order valence-corrected chi connectivity index (χ2v) is 6.31. The first-order valence-corrected chi connectivity index (χ1v) is 6.71. The zero-order chi connectivity index (χ0) is 13.2. The van der Waals surface area contributed by atoms with Crippen LogP contribution in [0.3, 0.4) is 0 Å². The van der Waals surface area contributed by atoms with Crippen molar-refractivity contribution in [2.75, 3.05) is 5.32 Å². The van der Waals surface area contributed by atoms with Crippen LogP contribution in [0.1, 0.15) is 20.8 Å². The number of nitrogens with one attached hydrogen (secondary N) is 1. The van der Waals surface area contributed by atoms with E-state index in [1.54, 1.807) is 20.8 Å². The van der Waals surface area contributed by atoms with E-state index in [0.29, 0.717) is 10.2 Å². The van der Waals surface area contributed by atoms with Crippen LogP contribution in [0.15, 0.2) is 16.6 Å². The lowest BCUT2D eigenvalue weighted by molar-refractivity contribution is 0.0636. The predicted octanol–water partition coefficient (Wildman–Crippen LogP) is 4.54. The van der Waals surface area contributed by atoms with Crippen molar-refractivity contribution >= 4 is 50.3 Å². The lowest BCUT2D eigenvalue weighted by Gasteiger charge is -2.20. The second-order valence-electron chi connectivity index (χ2n) is 4.38. The van der Waals surface area contributed by atoms with Gasteiger partial charge in [0.1, 0.15) is 11.4 Å². The quantitative estimate of drug-likeness (QED) is 0.540. The number of ether oxygens (including phenoxy) is 1. The first kappa shape index (κ1) is 14.7. The second kappa shape index (κ2) is 5.51. The molecule has 0 spiro atoms. The van der Waals surface area contributed by atoms with Gasteiger partial charge >= 0.3 is 6.09 Å². The van der Waals surface area contributed by atoms with Gasteiger partial charge in [-0.3, -0.25) is 5.32 Å². The molecule has 1 rings (SSSR count). The summed E-state index contributed by atoms with van der Waals surface area (Å²) in [7, 11) is 0. The molecule has 0 aliphatic carbocycles. The molecule has 0 fully saturated rings. The molecule has 0 aromatic heterocycles. The minimum atomic E-state index is -0.604. The maximum Gasteiger partial charge on any atom is 0.412 e. The number of benzene rings is 1. The fourth-order valence-corrected chi connectivity index (χ4v) is 1.94. The van der Waals surface area contributed by atoms with Gasteiger partial charge in [0.15, 0.2) is 0 Å². The average Bonchev–Trinajstić information content (AvgIpc) is 2.10. The highest BCUT2D eigenvalue weighted by molar-refractivity contribution is 14.1. The van der Waals surface area contributed by atoms with Crippen LogP contribution in [0.2, 0.25) is 0 Å². The largest absolute Gasteiger partial charge is 0.444 e. The molecule has 1 amide bonds. The molecule has 0 bridgehead atoms. The molecule has 0 unspecified atom stereocenters. The molecular formula is C11H12BrFINO2. The molecule has 0 heterocycles. The van der Waals surface area contributed by atoms with Crippen LogP contribution in [-0.2, 0) is 4.74 Å². The first-order valence-electron chi connectivity index (χ1n) is 4.83. The van der Waals surface area contributed by atoms with Crippen molar-refractivity contribution in [3.63, 3.8) is 0 Å². The predicted molar refractivity (Wildman–Crippen MR) is 76.7 cm³/mol. The van der Waals surface area contributed by atoms with Crippen molar-refractivity contribution in [2.24, 2.45) is 0 Å². The van der Waals surface area contributed by atoms with Crippen LogP contribution < -0.4 is 5.32 Å². The van der Waals surface area contributed by atoms with Crippen LogP contribution in [0.4, 0.5) is 14.9 Å². The molecule has 0 radical (unpaired) electrons. The van der Waals surface area contributed by atoms with Gasteiger partial charge in [-0.1, -0.05) is 0 Å². The van der Waals surface area contributed by atoms with Crippen molar-refractivity contribution in [2.45, 2.75) is 26.4 Å². The zero-order valence-electron chi connectivity index (χ0n) is 9.61. The summed E-state index contributed by atoms with van der Waals surface area (Å²) in [5, 5.41) is 2.51. The van der Waals surface area contributed by atoms with Crippen LogP contribution in [0.25, 0.3) is 0 Å². The van der Waals surface area contributed by atoms with Crippen molar-refractivity contribution in [1.82, 2.24) is 0 Å². The van der Waals surface area contributed by atoms with Crippen LogP contribution in [-0.4, -0.2) is 11.7 Å². The van der Waals surface area contributed by atoms with E-state index in [2.05, 4.69) is 21.2 Å². The molecule has 94 valence electrons. The Morgan fingerprint density at radius 2 is 2.06 bits per heavy atom. The third-order valence-electron chi connectivity index (χ3n) is 1.63. The van der Waals surface area contributed by atoms with Crippen molar-refractivity contribution < 1.29 is 13.9 Å². The van der Waals surface area contributed by atoms with Gasteiger partial charge in [-0.25, -0.2) is 9.18 Å². The molecule has 1 aromatic rings. The topological polar surface area (TPSA) is 38.3 Å². The highest BCUT2D eigenvalue weighted by Gasteiger charge is 2.17. The number of carbonyl (C=O) groups is 1. The van der Waals surface area contributed by atoms with Crippen molar-refractivity contribution in [3.05, 3.63) is 26.0 Å². The molecule has 0 saturated heterocycles. The van der Waals surface area contributed by atoms with E-state index in [1.165, 1.54) is 12.1 Å². The van der Waals surface area contributed by atoms with Gasteiger partial charge in [-0.2, -0.15) is 0 Å². The summed E-state index contributed by atoms with van der Waals surface area (Å²) in [5.41, 5.74) is -0.202. The van der Waals surface area contributed by atoms with E-state index >= 15 is 0 Å². The summed E-state index contributed by atoms with van der Waals surface area (Å²) in [6.07, 6.45) is -0.604. The molecule has 3 nitrogen and oxygen atoms in total. The fourth-order valence-electron chi connectivity index (χ4n) is 1.06. The summed E-state index contributed by atoms with van der Waals surface area (Å²) in [6.45, 7) is 5.29. The monoisotopic (exact) mass is 415 g/mol. The Labute approximate surface area is 121 Å². The first-order chi connectivity index (χ1) is 7.69. The molecule has 1 N–H and O–H groups in total. The number of carbonyl (C=O) groups excluding carboxylic acids is 1. The summed E-state index contributed by atoms with van der Waals surface area (Å²) in [4.78, 5) is 11.5. The summed E-state index contributed by atoms with van der Waals surface area (Å²) >= 11 is 5.22. The molecule has 0 aliphatic rings. The van der Waals surface area contributed by atoms with Crippen LogP contribution >= 0.6 is 38.5 Å². The third-order valence-corrected chi connectivity index (χ3v) is 4.16. The molecular weight excluding hydrogens is 404 g/mol. The summed E-state index contributed by atoms with van der Waals surface area (Å²) < 4.78 is 19.6. The normalized spacial score (nSPS) is 11.2. The molecule has 6 heteroatoms. The van der Waals surface area contributed by atoms with E-state index in [1.807, 2.05) is 22.6 Å². The minimum Gasteiger partial charge on any atom is -0.444 e. The van der Waals surface area contributed by atoms with Crippen molar-refractivity contribution in [1.29, 1.82) is 0 Å². The van der Waals surface area contributed by atoms with E-state index < -0.39 is 17.5 Å². The number of halogens is 3. The zero-order valence-corrected chi connectivity index (χ0v) is 13.3. The maximum atomic E-state index is 13.2. The number of anilines is 1. The summed E-state index contributed by atoms with van der Waals surface area (Å²) in [5.74, 6) is -0.427. The van der Waals surface area contributed by atoms with Crippen LogP contribution in [0.5, 0.6) is 0 Å². The van der Waals surface area contributed by atoms with Gasteiger partial charge in [0.05, 0.1) is 9.26 Å². The number of amides is 1. The van der Waals surface area contributed by atoms with Gasteiger partial charge < -0.3 is 4.74 Å². The molecule has 17 heavy (non-hydrogen) atoms. The fraction of sp³-hybridized carbons (Fsp3) is 0.364. The highest BCUT2D eigenvalue weighted by Crippen LogP contribution is 2.28. The van der Waals surface area contributed by atoms with Gasteiger partial charge in [0.2, 0.25) is 0 Å². The van der Waals surface area contributed by atoms with E-state index in [9.17, 15) is 9.18 Å². The van der Waals surface area contributed by atoms with Crippen molar-refractivity contribution in [3.8, 4) is 0 Å². The Hall–Kier alpha value is -0.370. The van der Waals surface area contributed by atoms with E-state index in [0.717, 1.165) is 3.57 Å². The lowest BCUT2D eigenvalue weighted by Crippen LogP contribution is -2.27. The maximum absolute atomic E-state index is 13.2. The Balaban J connectivity index is 2.85. The number of hydrogen-bond donors (Lipinski definition) is 1. The Morgan fingerprint density at radius 3 is 2.59 bits per heavy atom. The molecule has 0 atom stereocenters. The van der Waals surface area contributed by atoms with Crippen LogP contribution in [0, 0.1) is 9.39 Å². The lowest BCUT2D eigenvalue weighted by atomic mass is 10.2. The SMILES string of the molecule is CC(C)(C)OC(=O)Nc1cc(F)cc(Br)c1I. The molecule has 0 saturated carbocycles.